The van der Waals surface area contributed by atoms with Crippen LogP contribution in [0.25, 0.3) is 0 Å². The lowest BCUT2D eigenvalue weighted by molar-refractivity contribution is -0.272. The van der Waals surface area contributed by atoms with Crippen LogP contribution in [-0.4, -0.2) is 0 Å². The standard InChI is InChI=1S/C40H28N8/c41-17-21(18-42)31-33-34-32(22(19-43)20-44)35-37(33,23-5-1-9-27(45)13-23)39(25-7-3-11-29(47)15-25)36(31)38(34,24-6-2-10-28(46)14-24)40(35,39)26-8-4-12-30(48)16-26/h1-16,33-36H,45-48H2. The predicted molar refractivity (Wildman–Crippen MR) is 181 cm³/mol. The van der Waals surface area contributed by atoms with Crippen molar-refractivity contribution in [3.63, 3.8) is 0 Å². The van der Waals surface area contributed by atoms with Gasteiger partial charge in [-0.1, -0.05) is 48.5 Å². The van der Waals surface area contributed by atoms with Crippen LogP contribution in [0.2, 0.25) is 0 Å². The predicted octanol–water partition coefficient (Wildman–Crippen LogP) is 5.29. The number of hydrogen-bond acceptors (Lipinski definition) is 8. The molecule has 8 unspecified atom stereocenters. The summed E-state index contributed by atoms with van der Waals surface area (Å²) in [5.74, 6) is -1.54. The Labute approximate surface area is 277 Å². The van der Waals surface area contributed by atoms with Gasteiger partial charge in [0.1, 0.15) is 35.4 Å². The van der Waals surface area contributed by atoms with Crippen molar-refractivity contribution in [2.24, 2.45) is 23.7 Å². The molecule has 48 heavy (non-hydrogen) atoms. The van der Waals surface area contributed by atoms with E-state index in [1.807, 2.05) is 72.8 Å². The van der Waals surface area contributed by atoms with E-state index in [0.29, 0.717) is 22.7 Å². The van der Waals surface area contributed by atoms with E-state index in [0.717, 1.165) is 33.4 Å². The fraction of sp³-hybridized carbons (Fsp3) is 0.200. The number of rotatable bonds is 4. The smallest absolute Gasteiger partial charge is 0.129 e. The fourth-order valence-corrected chi connectivity index (χ4v) is 12.6. The highest BCUT2D eigenvalue weighted by molar-refractivity contribution is 5.88. The molecule has 8 N–H and O–H groups in total. The minimum Gasteiger partial charge on any atom is -0.399 e. The van der Waals surface area contributed by atoms with Crippen molar-refractivity contribution < 1.29 is 0 Å². The Balaban J connectivity index is 1.59. The Kier molecular flexibility index (Phi) is 5.01. The third kappa shape index (κ3) is 2.39. The molecular formula is C40H28N8. The van der Waals surface area contributed by atoms with Crippen molar-refractivity contribution >= 4 is 22.7 Å². The quantitative estimate of drug-likeness (QED) is 0.174. The number of anilines is 4. The van der Waals surface area contributed by atoms with E-state index >= 15 is 0 Å². The number of nitriles is 4. The van der Waals surface area contributed by atoms with Crippen LogP contribution in [0.15, 0.2) is 119 Å². The fourth-order valence-electron chi connectivity index (χ4n) is 12.6. The van der Waals surface area contributed by atoms with Crippen molar-refractivity contribution in [2.75, 3.05) is 22.9 Å². The van der Waals surface area contributed by atoms with Gasteiger partial charge in [0.05, 0.1) is 0 Å². The lowest BCUT2D eigenvalue weighted by atomic mass is 9.11. The van der Waals surface area contributed by atoms with E-state index in [-0.39, 0.29) is 34.8 Å². The molecule has 8 atom stereocenters. The highest BCUT2D eigenvalue weighted by Gasteiger charge is 3.11. The zero-order chi connectivity index (χ0) is 33.4. The minimum atomic E-state index is -0.778. The molecule has 8 heteroatoms. The SMILES string of the molecule is N#CC(C#N)=C1C2C3C(=C(C#N)C#N)C4C2(c2cccc(N)c2)C2(c5cccc(N)c5)C1C3(c1cccc(N)c1)C42c1cccc(N)c1. The molecule has 6 aliphatic carbocycles. The summed E-state index contributed by atoms with van der Waals surface area (Å²) in [5, 5.41) is 42.4. The third-order valence-electron chi connectivity index (χ3n) is 12.7. The van der Waals surface area contributed by atoms with E-state index in [9.17, 15) is 21.0 Å². The largest absolute Gasteiger partial charge is 0.399 e. The van der Waals surface area contributed by atoms with Crippen LogP contribution in [0.5, 0.6) is 0 Å². The van der Waals surface area contributed by atoms with Crippen molar-refractivity contribution in [1.29, 1.82) is 21.0 Å². The molecule has 0 saturated heterocycles. The molecule has 8 nitrogen and oxygen atoms in total. The van der Waals surface area contributed by atoms with Gasteiger partial charge in [-0.05, 0) is 81.9 Å². The number of nitrogen functional groups attached to an aromatic ring is 4. The molecule has 4 aromatic rings. The Morgan fingerprint density at radius 3 is 1.04 bits per heavy atom. The van der Waals surface area contributed by atoms with Gasteiger partial charge in [0, 0.05) is 68.1 Å². The molecule has 6 saturated carbocycles. The monoisotopic (exact) mass is 620 g/mol. The highest BCUT2D eigenvalue weighted by atomic mass is 15.1. The van der Waals surface area contributed by atoms with E-state index in [1.54, 1.807) is 0 Å². The second-order valence-corrected chi connectivity index (χ2v) is 13.8. The van der Waals surface area contributed by atoms with E-state index in [4.69, 9.17) is 22.9 Å². The summed E-state index contributed by atoms with van der Waals surface area (Å²) in [6.07, 6.45) is 0. The number of benzene rings is 4. The lowest BCUT2D eigenvalue weighted by Gasteiger charge is -2.89. The number of nitrogens with two attached hydrogens (primary N) is 4. The second kappa shape index (κ2) is 8.65. The van der Waals surface area contributed by atoms with Crippen molar-refractivity contribution in [2.45, 2.75) is 21.7 Å². The van der Waals surface area contributed by atoms with Crippen LogP contribution in [0.3, 0.4) is 0 Å². The van der Waals surface area contributed by atoms with Crippen LogP contribution < -0.4 is 22.9 Å². The van der Waals surface area contributed by atoms with Crippen LogP contribution in [-0.2, 0) is 21.7 Å². The van der Waals surface area contributed by atoms with Crippen molar-refractivity contribution in [3.05, 3.63) is 142 Å². The Hall–Kier alpha value is -6.48. The maximum Gasteiger partial charge on any atom is 0.129 e. The summed E-state index contributed by atoms with van der Waals surface area (Å²) >= 11 is 0. The lowest BCUT2D eigenvalue weighted by Crippen LogP contribution is -2.95. The molecule has 10 rings (SSSR count). The first-order valence-electron chi connectivity index (χ1n) is 15.8. The molecule has 4 bridgehead atoms. The highest BCUT2D eigenvalue weighted by Crippen LogP contribution is 3.08. The molecule has 6 fully saturated rings. The van der Waals surface area contributed by atoms with Gasteiger partial charge in [-0.2, -0.15) is 21.0 Å². The third-order valence-corrected chi connectivity index (χ3v) is 12.7. The van der Waals surface area contributed by atoms with Gasteiger partial charge in [-0.3, -0.25) is 0 Å². The summed E-state index contributed by atoms with van der Waals surface area (Å²) in [5.41, 5.74) is 30.9. The molecule has 4 aromatic carbocycles. The summed E-state index contributed by atoms with van der Waals surface area (Å²) in [6, 6.07) is 40.5. The molecule has 0 heterocycles. The Morgan fingerprint density at radius 2 is 0.750 bits per heavy atom. The van der Waals surface area contributed by atoms with Crippen molar-refractivity contribution in [1.82, 2.24) is 0 Å². The van der Waals surface area contributed by atoms with Gasteiger partial charge >= 0.3 is 0 Å². The molecule has 228 valence electrons. The average molecular weight is 621 g/mol. The summed E-state index contributed by atoms with van der Waals surface area (Å²) in [4.78, 5) is 0. The van der Waals surface area contributed by atoms with E-state index in [1.165, 1.54) is 0 Å². The molecule has 0 spiro atoms. The van der Waals surface area contributed by atoms with Gasteiger partial charge < -0.3 is 22.9 Å². The van der Waals surface area contributed by atoms with Gasteiger partial charge in [-0.25, -0.2) is 0 Å². The van der Waals surface area contributed by atoms with E-state index in [2.05, 4.69) is 48.5 Å². The molecule has 6 aliphatic rings. The zero-order valence-corrected chi connectivity index (χ0v) is 25.6. The average Bonchev–Trinajstić information content (AvgIpc) is 3.58. The molecular weight excluding hydrogens is 592 g/mol. The topological polar surface area (TPSA) is 199 Å². The van der Waals surface area contributed by atoms with Crippen LogP contribution in [0.4, 0.5) is 22.7 Å². The van der Waals surface area contributed by atoms with Crippen LogP contribution in [0.1, 0.15) is 22.3 Å². The Bertz CT molecular complexity index is 2210. The minimum absolute atomic E-state index is 0.0679. The number of allylic oxidation sites excluding steroid dienone is 4. The molecule has 0 aliphatic heterocycles. The van der Waals surface area contributed by atoms with Gasteiger partial charge in [0.25, 0.3) is 0 Å². The summed E-state index contributed by atoms with van der Waals surface area (Å²) < 4.78 is 0. The van der Waals surface area contributed by atoms with Gasteiger partial charge in [0.2, 0.25) is 0 Å². The zero-order valence-electron chi connectivity index (χ0n) is 25.6. The summed E-state index contributed by atoms with van der Waals surface area (Å²) in [6.45, 7) is 0. The summed E-state index contributed by atoms with van der Waals surface area (Å²) in [7, 11) is 0. The molecule has 0 aromatic heterocycles. The Morgan fingerprint density at radius 1 is 0.458 bits per heavy atom. The first-order chi connectivity index (χ1) is 23.3. The first-order valence-corrected chi connectivity index (χ1v) is 15.8. The molecule has 0 amide bonds. The van der Waals surface area contributed by atoms with E-state index < -0.39 is 21.7 Å². The van der Waals surface area contributed by atoms with Gasteiger partial charge in [-0.15, -0.1) is 0 Å². The first kappa shape index (κ1) is 27.8. The maximum absolute atomic E-state index is 10.6. The van der Waals surface area contributed by atoms with Crippen LogP contribution in [0, 0.1) is 69.0 Å². The maximum atomic E-state index is 10.6. The second-order valence-electron chi connectivity index (χ2n) is 13.8. The number of hydrogen-bond donors (Lipinski definition) is 4. The van der Waals surface area contributed by atoms with Gasteiger partial charge in [0.15, 0.2) is 0 Å². The van der Waals surface area contributed by atoms with Crippen molar-refractivity contribution in [3.8, 4) is 24.3 Å². The van der Waals surface area contributed by atoms with Crippen LogP contribution >= 0.6 is 0 Å². The normalized spacial score (nSPS) is 33.5. The number of nitrogens with zero attached hydrogens (tertiary/aromatic N) is 4. The molecule has 0 radical (unpaired) electrons.